The summed E-state index contributed by atoms with van der Waals surface area (Å²) < 4.78 is 1.82. The van der Waals surface area contributed by atoms with Crippen molar-refractivity contribution in [2.24, 2.45) is 0 Å². The fourth-order valence-electron chi connectivity index (χ4n) is 1.59. The molecule has 0 spiro atoms. The molecule has 0 radical (unpaired) electrons. The Morgan fingerprint density at radius 3 is 3.07 bits per heavy atom. The number of nitrogens with one attached hydrogen (secondary N) is 1. The zero-order valence-electron chi connectivity index (χ0n) is 7.23. The van der Waals surface area contributed by atoms with Gasteiger partial charge in [0, 0.05) is 6.07 Å². The topological polar surface area (TPSA) is 37.5 Å². The van der Waals surface area contributed by atoms with Gasteiger partial charge in [-0.1, -0.05) is 18.7 Å². The third-order valence-corrected chi connectivity index (χ3v) is 2.20. The Kier molecular flexibility index (Phi) is 1.21. The highest BCUT2D eigenvalue weighted by atomic mass is 15.3. The van der Waals surface area contributed by atoms with Crippen molar-refractivity contribution in [1.29, 1.82) is 0 Å². The van der Waals surface area contributed by atoms with E-state index >= 15 is 0 Å². The van der Waals surface area contributed by atoms with E-state index in [9.17, 15) is 0 Å². The fourth-order valence-corrected chi connectivity index (χ4v) is 1.59. The lowest BCUT2D eigenvalue weighted by atomic mass is 10.3. The van der Waals surface area contributed by atoms with E-state index in [4.69, 9.17) is 6.57 Å². The van der Waals surface area contributed by atoms with E-state index in [0.29, 0.717) is 5.82 Å². The van der Waals surface area contributed by atoms with Gasteiger partial charge in [0.1, 0.15) is 5.52 Å². The number of fused-ring (bicyclic) bond motifs is 3. The number of hydrogen-bond donors (Lipinski definition) is 1. The summed E-state index contributed by atoms with van der Waals surface area (Å²) in [5.74, 6) is 0.512. The molecule has 0 aliphatic carbocycles. The Morgan fingerprint density at radius 2 is 2.21 bits per heavy atom. The van der Waals surface area contributed by atoms with Crippen LogP contribution in [-0.4, -0.2) is 14.6 Å². The molecule has 0 saturated heterocycles. The molecule has 2 aromatic heterocycles. The van der Waals surface area contributed by atoms with E-state index < -0.39 is 0 Å². The molecule has 66 valence electrons. The second-order valence-electron chi connectivity index (χ2n) is 3.05. The maximum absolute atomic E-state index is 6.88. The molecule has 1 aromatic carbocycles. The van der Waals surface area contributed by atoms with Crippen LogP contribution in [0.3, 0.4) is 0 Å². The smallest absolute Gasteiger partial charge is 0.250 e. The predicted octanol–water partition coefficient (Wildman–Crippen LogP) is 2.37. The van der Waals surface area contributed by atoms with Crippen LogP contribution in [0.25, 0.3) is 21.5 Å². The molecule has 1 N–H and O–H groups in total. The minimum absolute atomic E-state index is 0.512. The second kappa shape index (κ2) is 2.36. The fraction of sp³-hybridized carbons (Fsp3) is 0. The van der Waals surface area contributed by atoms with Crippen molar-refractivity contribution in [2.45, 2.75) is 0 Å². The molecule has 0 amide bonds. The summed E-state index contributed by atoms with van der Waals surface area (Å²) in [5.41, 5.74) is 2.73. The summed E-state index contributed by atoms with van der Waals surface area (Å²) in [6.45, 7) is 6.88. The number of H-pyrrole nitrogens is 1. The largest absolute Gasteiger partial charge is 0.362 e. The summed E-state index contributed by atoms with van der Waals surface area (Å²) in [6, 6.07) is 9.57. The molecule has 2 heterocycles. The van der Waals surface area contributed by atoms with Gasteiger partial charge >= 0.3 is 0 Å². The molecular formula is C10H6N4. The number of benzene rings is 1. The van der Waals surface area contributed by atoms with Crippen molar-refractivity contribution < 1.29 is 0 Å². The zero-order chi connectivity index (χ0) is 9.54. The average Bonchev–Trinajstić information content (AvgIpc) is 2.73. The maximum atomic E-state index is 6.88. The van der Waals surface area contributed by atoms with Crippen molar-refractivity contribution in [3.05, 3.63) is 41.7 Å². The molecule has 0 atom stereocenters. The van der Waals surface area contributed by atoms with Gasteiger partial charge in [0.25, 0.3) is 5.82 Å². The Bertz CT molecular complexity index is 653. The summed E-state index contributed by atoms with van der Waals surface area (Å²) in [4.78, 5) is 7.69. The number of aromatic amines is 1. The zero-order valence-corrected chi connectivity index (χ0v) is 7.23. The van der Waals surface area contributed by atoms with E-state index in [1.165, 1.54) is 0 Å². The van der Waals surface area contributed by atoms with E-state index in [0.717, 1.165) is 16.7 Å². The Balaban J connectivity index is 2.52. The summed E-state index contributed by atoms with van der Waals surface area (Å²) in [5, 5.41) is 2.97. The Labute approximate surface area is 79.6 Å². The molecule has 3 rings (SSSR count). The highest BCUT2D eigenvalue weighted by Gasteiger charge is 2.07. The first-order valence-corrected chi connectivity index (χ1v) is 4.22. The standard InChI is InChI=1S/C10H6N4/c1-11-9-6-10-12-7-4-2-3-5-8(7)14(10)13-9/h2-6,13H. The first-order chi connectivity index (χ1) is 6.88. The molecule has 0 bridgehead atoms. The lowest BCUT2D eigenvalue weighted by Crippen LogP contribution is -1.80. The average molecular weight is 182 g/mol. The third-order valence-electron chi connectivity index (χ3n) is 2.20. The highest BCUT2D eigenvalue weighted by Crippen LogP contribution is 2.19. The predicted molar refractivity (Wildman–Crippen MR) is 53.3 cm³/mol. The minimum Gasteiger partial charge on any atom is -0.362 e. The Morgan fingerprint density at radius 1 is 1.36 bits per heavy atom. The van der Waals surface area contributed by atoms with Crippen LogP contribution < -0.4 is 0 Å². The Hall–Kier alpha value is -2.28. The van der Waals surface area contributed by atoms with E-state index in [-0.39, 0.29) is 0 Å². The van der Waals surface area contributed by atoms with Gasteiger partial charge < -0.3 is 4.85 Å². The molecular weight excluding hydrogens is 176 g/mol. The molecule has 4 heteroatoms. The highest BCUT2D eigenvalue weighted by molar-refractivity contribution is 5.80. The molecule has 0 aliphatic rings. The first-order valence-electron chi connectivity index (χ1n) is 4.22. The van der Waals surface area contributed by atoms with Crippen LogP contribution in [0, 0.1) is 6.57 Å². The lowest BCUT2D eigenvalue weighted by Gasteiger charge is -1.86. The van der Waals surface area contributed by atoms with Crippen LogP contribution in [0.2, 0.25) is 0 Å². The van der Waals surface area contributed by atoms with Gasteiger partial charge in [0.05, 0.1) is 5.52 Å². The number of aromatic nitrogens is 3. The molecule has 0 saturated carbocycles. The van der Waals surface area contributed by atoms with Gasteiger partial charge in [0.2, 0.25) is 0 Å². The van der Waals surface area contributed by atoms with Crippen LogP contribution in [0.5, 0.6) is 0 Å². The molecule has 0 fully saturated rings. The van der Waals surface area contributed by atoms with Crippen molar-refractivity contribution in [2.75, 3.05) is 0 Å². The molecule has 0 aliphatic heterocycles. The number of hydrogen-bond acceptors (Lipinski definition) is 1. The third kappa shape index (κ3) is 0.783. The normalized spacial score (nSPS) is 10.8. The van der Waals surface area contributed by atoms with Gasteiger partial charge in [-0.2, -0.15) is 4.52 Å². The molecule has 4 nitrogen and oxygen atoms in total. The van der Waals surface area contributed by atoms with E-state index in [2.05, 4.69) is 14.9 Å². The summed E-state index contributed by atoms with van der Waals surface area (Å²) in [6.07, 6.45) is 0. The van der Waals surface area contributed by atoms with E-state index in [1.54, 1.807) is 6.07 Å². The van der Waals surface area contributed by atoms with Gasteiger partial charge in [-0.3, -0.25) is 0 Å². The molecule has 0 unspecified atom stereocenters. The van der Waals surface area contributed by atoms with Crippen LogP contribution in [0.4, 0.5) is 5.82 Å². The lowest BCUT2D eigenvalue weighted by molar-refractivity contribution is 1.02. The SMILES string of the molecule is [C-]#[N+]c1cc2nc3ccccc3n2[nH]1. The summed E-state index contributed by atoms with van der Waals surface area (Å²) >= 11 is 0. The van der Waals surface area contributed by atoms with Crippen LogP contribution in [0.15, 0.2) is 30.3 Å². The number of imidazole rings is 1. The van der Waals surface area contributed by atoms with Gasteiger partial charge in [0.15, 0.2) is 5.65 Å². The van der Waals surface area contributed by atoms with Crippen LogP contribution >= 0.6 is 0 Å². The number of para-hydroxylation sites is 2. The monoisotopic (exact) mass is 182 g/mol. The minimum atomic E-state index is 0.512. The molecule has 3 aromatic rings. The van der Waals surface area contributed by atoms with Crippen molar-refractivity contribution in [3.8, 4) is 0 Å². The van der Waals surface area contributed by atoms with Crippen LogP contribution in [0.1, 0.15) is 0 Å². The second-order valence-corrected chi connectivity index (χ2v) is 3.05. The van der Waals surface area contributed by atoms with Gasteiger partial charge in [-0.05, 0) is 12.1 Å². The summed E-state index contributed by atoms with van der Waals surface area (Å²) in [7, 11) is 0. The van der Waals surface area contributed by atoms with Gasteiger partial charge in [-0.15, -0.1) is 0 Å². The van der Waals surface area contributed by atoms with Crippen molar-refractivity contribution in [3.63, 3.8) is 0 Å². The quantitative estimate of drug-likeness (QED) is 0.532. The van der Waals surface area contributed by atoms with Crippen molar-refractivity contribution >= 4 is 22.5 Å². The number of rotatable bonds is 0. The van der Waals surface area contributed by atoms with Crippen molar-refractivity contribution in [1.82, 2.24) is 14.6 Å². The van der Waals surface area contributed by atoms with Crippen LogP contribution in [-0.2, 0) is 0 Å². The molecule has 14 heavy (non-hydrogen) atoms. The van der Waals surface area contributed by atoms with Gasteiger partial charge in [-0.25, -0.2) is 10.1 Å². The first kappa shape index (κ1) is 7.15. The maximum Gasteiger partial charge on any atom is 0.250 e. The van der Waals surface area contributed by atoms with E-state index in [1.807, 2.05) is 28.8 Å². The number of nitrogens with zero attached hydrogens (tertiary/aromatic N) is 3.